The largest absolute Gasteiger partial charge is 0.366 e. The predicted molar refractivity (Wildman–Crippen MR) is 109 cm³/mol. The summed E-state index contributed by atoms with van der Waals surface area (Å²) in [6, 6.07) is 12.0. The average molecular weight is 398 g/mol. The molecule has 0 unspecified atom stereocenters. The highest BCUT2D eigenvalue weighted by Crippen LogP contribution is 2.26. The summed E-state index contributed by atoms with van der Waals surface area (Å²) in [5.41, 5.74) is 1.67. The van der Waals surface area contributed by atoms with Gasteiger partial charge in [0.25, 0.3) is 0 Å². The molecule has 8 heteroatoms. The fraction of sp³-hybridized carbons (Fsp3) is 0.250. The van der Waals surface area contributed by atoms with Crippen molar-refractivity contribution in [3.8, 4) is 0 Å². The number of urea groups is 1. The van der Waals surface area contributed by atoms with Gasteiger partial charge in [0.1, 0.15) is 5.82 Å². The lowest BCUT2D eigenvalue weighted by atomic mass is 10.1. The number of carbonyl (C=O) groups is 2. The van der Waals surface area contributed by atoms with Gasteiger partial charge in [-0.25, -0.2) is 14.2 Å². The molecule has 3 aromatic rings. The van der Waals surface area contributed by atoms with E-state index in [0.717, 1.165) is 10.2 Å². The van der Waals surface area contributed by atoms with Gasteiger partial charge in [0.05, 0.1) is 15.9 Å². The van der Waals surface area contributed by atoms with Gasteiger partial charge in [0.15, 0.2) is 10.9 Å². The smallest absolute Gasteiger partial charge is 0.323 e. The van der Waals surface area contributed by atoms with E-state index in [1.807, 2.05) is 29.2 Å². The van der Waals surface area contributed by atoms with Gasteiger partial charge in [0.2, 0.25) is 0 Å². The number of halogens is 1. The van der Waals surface area contributed by atoms with Crippen molar-refractivity contribution in [2.24, 2.45) is 0 Å². The van der Waals surface area contributed by atoms with Crippen LogP contribution in [0.3, 0.4) is 0 Å². The Hall–Kier alpha value is -3.00. The van der Waals surface area contributed by atoms with Crippen LogP contribution in [0.15, 0.2) is 42.5 Å². The van der Waals surface area contributed by atoms with Gasteiger partial charge in [-0.2, -0.15) is 0 Å². The van der Waals surface area contributed by atoms with Crippen molar-refractivity contribution < 1.29 is 14.0 Å². The number of hydrogen-bond acceptors (Lipinski definition) is 5. The molecule has 0 atom stereocenters. The van der Waals surface area contributed by atoms with Crippen LogP contribution in [0, 0.1) is 5.82 Å². The number of rotatable bonds is 3. The fourth-order valence-electron chi connectivity index (χ4n) is 3.23. The molecule has 6 nitrogen and oxygen atoms in total. The molecule has 1 fully saturated rings. The minimum atomic E-state index is -0.417. The molecule has 4 rings (SSSR count). The molecule has 144 valence electrons. The van der Waals surface area contributed by atoms with Crippen molar-refractivity contribution >= 4 is 44.2 Å². The number of nitrogens with zero attached hydrogens (tertiary/aromatic N) is 3. The molecule has 28 heavy (non-hydrogen) atoms. The summed E-state index contributed by atoms with van der Waals surface area (Å²) in [5.74, 6) is -0.582. The van der Waals surface area contributed by atoms with Crippen LogP contribution >= 0.6 is 11.3 Å². The number of thiazole rings is 1. The quantitative estimate of drug-likeness (QED) is 0.678. The summed E-state index contributed by atoms with van der Waals surface area (Å²) < 4.78 is 15.4. The summed E-state index contributed by atoms with van der Waals surface area (Å²) in [6.07, 6.45) is 0. The maximum Gasteiger partial charge on any atom is 0.323 e. The van der Waals surface area contributed by atoms with E-state index in [4.69, 9.17) is 0 Å². The summed E-state index contributed by atoms with van der Waals surface area (Å²) in [7, 11) is 0. The topological polar surface area (TPSA) is 65.5 Å². The predicted octanol–water partition coefficient (Wildman–Crippen LogP) is 3.99. The molecular formula is C20H19FN4O2S. The third-order valence-corrected chi connectivity index (χ3v) is 5.72. The van der Waals surface area contributed by atoms with Crippen LogP contribution in [-0.2, 0) is 0 Å². The Labute approximate surface area is 165 Å². The third kappa shape index (κ3) is 3.68. The lowest BCUT2D eigenvalue weighted by Gasteiger charge is -2.36. The molecule has 2 amide bonds. The first kappa shape index (κ1) is 18.4. The number of para-hydroxylation sites is 1. The molecule has 1 aliphatic heterocycles. The first-order valence-corrected chi connectivity index (χ1v) is 9.80. The van der Waals surface area contributed by atoms with Crippen molar-refractivity contribution in [2.75, 3.05) is 36.4 Å². The first-order valence-electron chi connectivity index (χ1n) is 8.98. The van der Waals surface area contributed by atoms with Gasteiger partial charge in [-0.1, -0.05) is 23.5 Å². The number of hydrogen-bond donors (Lipinski definition) is 1. The molecule has 1 N–H and O–H groups in total. The van der Waals surface area contributed by atoms with Crippen LogP contribution in [0.2, 0.25) is 0 Å². The number of anilines is 2. The highest BCUT2D eigenvalue weighted by molar-refractivity contribution is 7.22. The zero-order chi connectivity index (χ0) is 19.7. The van der Waals surface area contributed by atoms with Gasteiger partial charge in [0, 0.05) is 31.7 Å². The van der Waals surface area contributed by atoms with E-state index in [1.165, 1.54) is 24.3 Å². The van der Waals surface area contributed by atoms with E-state index in [1.54, 1.807) is 17.0 Å². The van der Waals surface area contributed by atoms with Gasteiger partial charge >= 0.3 is 6.03 Å². The molecule has 2 heterocycles. The van der Waals surface area contributed by atoms with Crippen LogP contribution in [0.5, 0.6) is 0 Å². The molecule has 1 aromatic heterocycles. The lowest BCUT2D eigenvalue weighted by molar-refractivity contribution is 0.101. The molecule has 1 saturated heterocycles. The lowest BCUT2D eigenvalue weighted by Crippen LogP contribution is -2.50. The molecule has 1 aliphatic rings. The van der Waals surface area contributed by atoms with E-state index in [-0.39, 0.29) is 11.8 Å². The van der Waals surface area contributed by atoms with Crippen LogP contribution in [-0.4, -0.2) is 47.9 Å². The Morgan fingerprint density at radius 2 is 1.86 bits per heavy atom. The Kier molecular flexibility index (Phi) is 4.95. The average Bonchev–Trinajstić information content (AvgIpc) is 3.10. The summed E-state index contributed by atoms with van der Waals surface area (Å²) in [5, 5.41) is 3.42. The second kappa shape index (κ2) is 7.55. The highest BCUT2D eigenvalue weighted by atomic mass is 32.1. The van der Waals surface area contributed by atoms with Gasteiger partial charge in [-0.05, 0) is 37.3 Å². The SMILES string of the molecule is CC(=O)c1ccc(N2CCN(C(=O)Nc3nc4ccccc4s3)CC2)c(F)c1. The molecule has 0 bridgehead atoms. The van der Waals surface area contributed by atoms with Gasteiger partial charge < -0.3 is 9.80 Å². The fourth-order valence-corrected chi connectivity index (χ4v) is 4.08. The number of Topliss-reactive ketones (excluding diaryl/α,β-unsaturated/α-hetero) is 1. The van der Waals surface area contributed by atoms with Crippen molar-refractivity contribution in [1.29, 1.82) is 0 Å². The Morgan fingerprint density at radius 3 is 2.54 bits per heavy atom. The van der Waals surface area contributed by atoms with Gasteiger partial charge in [-0.15, -0.1) is 0 Å². The Balaban J connectivity index is 1.38. The van der Waals surface area contributed by atoms with Crippen molar-refractivity contribution in [3.63, 3.8) is 0 Å². The maximum absolute atomic E-state index is 14.3. The zero-order valence-electron chi connectivity index (χ0n) is 15.3. The number of aromatic nitrogens is 1. The monoisotopic (exact) mass is 398 g/mol. The second-order valence-corrected chi connectivity index (χ2v) is 7.64. The standard InChI is InChI=1S/C20H19FN4O2S/c1-13(26)14-6-7-17(15(21)12-14)24-8-10-25(11-9-24)20(27)23-19-22-16-4-2-3-5-18(16)28-19/h2-7,12H,8-11H2,1H3,(H,22,23,27). The molecule has 0 spiro atoms. The third-order valence-electron chi connectivity index (χ3n) is 4.77. The summed E-state index contributed by atoms with van der Waals surface area (Å²) >= 11 is 1.44. The minimum Gasteiger partial charge on any atom is -0.366 e. The number of benzene rings is 2. The van der Waals surface area contributed by atoms with E-state index >= 15 is 0 Å². The van der Waals surface area contributed by atoms with Crippen molar-refractivity contribution in [1.82, 2.24) is 9.88 Å². The van der Waals surface area contributed by atoms with E-state index < -0.39 is 5.82 Å². The zero-order valence-corrected chi connectivity index (χ0v) is 16.1. The minimum absolute atomic E-state index is 0.165. The van der Waals surface area contributed by atoms with Gasteiger partial charge in [-0.3, -0.25) is 10.1 Å². The van der Waals surface area contributed by atoms with Crippen LogP contribution in [0.4, 0.5) is 20.0 Å². The van der Waals surface area contributed by atoms with Crippen molar-refractivity contribution in [3.05, 3.63) is 53.8 Å². The van der Waals surface area contributed by atoms with Crippen LogP contribution in [0.25, 0.3) is 10.2 Å². The van der Waals surface area contributed by atoms with E-state index in [9.17, 15) is 14.0 Å². The molecule has 0 radical (unpaired) electrons. The second-order valence-electron chi connectivity index (χ2n) is 6.61. The number of amides is 2. The van der Waals surface area contributed by atoms with E-state index in [0.29, 0.717) is 42.6 Å². The number of fused-ring (bicyclic) bond motifs is 1. The molecule has 0 aliphatic carbocycles. The normalized spacial score (nSPS) is 14.4. The highest BCUT2D eigenvalue weighted by Gasteiger charge is 2.23. The number of piperazine rings is 1. The number of carbonyl (C=O) groups excluding carboxylic acids is 2. The molecule has 0 saturated carbocycles. The maximum atomic E-state index is 14.3. The summed E-state index contributed by atoms with van der Waals surface area (Å²) in [4.78, 5) is 31.9. The Morgan fingerprint density at radius 1 is 1.11 bits per heavy atom. The van der Waals surface area contributed by atoms with Crippen LogP contribution < -0.4 is 10.2 Å². The first-order chi connectivity index (χ1) is 13.5. The number of nitrogens with one attached hydrogen (secondary N) is 1. The summed E-state index contributed by atoms with van der Waals surface area (Å²) in [6.45, 7) is 3.40. The van der Waals surface area contributed by atoms with E-state index in [2.05, 4.69) is 10.3 Å². The molecule has 2 aromatic carbocycles. The van der Waals surface area contributed by atoms with Crippen molar-refractivity contribution in [2.45, 2.75) is 6.92 Å². The Bertz CT molecular complexity index is 1010. The molecular weight excluding hydrogens is 379 g/mol. The number of ketones is 1. The van der Waals surface area contributed by atoms with Crippen LogP contribution in [0.1, 0.15) is 17.3 Å².